The summed E-state index contributed by atoms with van der Waals surface area (Å²) in [4.78, 5) is 19.7. The summed E-state index contributed by atoms with van der Waals surface area (Å²) >= 11 is 3.29. The summed E-state index contributed by atoms with van der Waals surface area (Å²) in [7, 11) is -2.63. The molecule has 0 saturated carbocycles. The van der Waals surface area contributed by atoms with Crippen molar-refractivity contribution >= 4 is 47.6 Å². The van der Waals surface area contributed by atoms with Gasteiger partial charge in [0.15, 0.2) is 5.16 Å². The number of nitrogens with two attached hydrogens (primary N) is 1. The maximum atomic E-state index is 6.98. The molecule has 2 aromatic carbocycles. The summed E-state index contributed by atoms with van der Waals surface area (Å²) in [6.45, 7) is 11.8. The first kappa shape index (κ1) is 32.8. The van der Waals surface area contributed by atoms with E-state index in [2.05, 4.69) is 103 Å². The number of hydrogen-bond donors (Lipinski definition) is 1. The van der Waals surface area contributed by atoms with E-state index in [0.717, 1.165) is 34.8 Å². The highest BCUT2D eigenvalue weighted by Gasteiger charge is 2.50. The Labute approximate surface area is 275 Å². The van der Waals surface area contributed by atoms with Crippen molar-refractivity contribution in [2.45, 2.75) is 63.4 Å². The maximum Gasteiger partial charge on any atom is 0.261 e. The number of thioether (sulfide) groups is 1. The van der Waals surface area contributed by atoms with Crippen molar-refractivity contribution < 1.29 is 9.16 Å². The first-order valence-electron chi connectivity index (χ1n) is 15.3. The van der Waals surface area contributed by atoms with Gasteiger partial charge in [-0.2, -0.15) is 0 Å². The number of benzene rings is 2. The van der Waals surface area contributed by atoms with Gasteiger partial charge in [0.05, 0.1) is 12.3 Å². The van der Waals surface area contributed by atoms with Crippen LogP contribution in [0.25, 0.3) is 10.6 Å². The Bertz CT molecular complexity index is 1630. The van der Waals surface area contributed by atoms with Gasteiger partial charge in [-0.25, -0.2) is 19.9 Å². The van der Waals surface area contributed by atoms with Crippen LogP contribution in [0.4, 0.5) is 5.82 Å². The number of nitrogens with zero attached hydrogens (tertiary/aromatic N) is 4. The van der Waals surface area contributed by atoms with Crippen LogP contribution in [0.3, 0.4) is 0 Å². The van der Waals surface area contributed by atoms with Gasteiger partial charge >= 0.3 is 0 Å². The zero-order valence-corrected chi connectivity index (χ0v) is 29.3. The van der Waals surface area contributed by atoms with Crippen molar-refractivity contribution in [2.75, 3.05) is 18.9 Å². The number of aryl methyl sites for hydroxylation is 2. The van der Waals surface area contributed by atoms with Crippen LogP contribution in [0.5, 0.6) is 5.88 Å². The lowest BCUT2D eigenvalue weighted by atomic mass is 10.2. The largest absolute Gasteiger partial charge is 0.475 e. The summed E-state index contributed by atoms with van der Waals surface area (Å²) in [6, 6.07) is 27.1. The van der Waals surface area contributed by atoms with E-state index in [1.165, 1.54) is 15.3 Å². The summed E-state index contributed by atoms with van der Waals surface area (Å²) < 4.78 is 13.2. The summed E-state index contributed by atoms with van der Waals surface area (Å²) in [5.41, 5.74) is 8.84. The van der Waals surface area contributed by atoms with E-state index in [1.807, 2.05) is 19.1 Å². The van der Waals surface area contributed by atoms with Crippen LogP contribution in [-0.4, -0.2) is 41.5 Å². The smallest absolute Gasteiger partial charge is 0.261 e. The number of rotatable bonds is 13. The van der Waals surface area contributed by atoms with E-state index in [9.17, 15) is 0 Å². The summed E-state index contributed by atoms with van der Waals surface area (Å²) in [6.07, 6.45) is 3.80. The van der Waals surface area contributed by atoms with Gasteiger partial charge in [0, 0.05) is 40.2 Å². The van der Waals surface area contributed by atoms with Crippen molar-refractivity contribution in [1.82, 2.24) is 19.9 Å². The van der Waals surface area contributed by atoms with Crippen LogP contribution >= 0.6 is 23.1 Å². The van der Waals surface area contributed by atoms with E-state index < -0.39 is 8.32 Å². The van der Waals surface area contributed by atoms with Crippen molar-refractivity contribution in [3.05, 3.63) is 101 Å². The molecule has 0 aliphatic rings. The average Bonchev–Trinajstić information content (AvgIpc) is 3.43. The number of aromatic nitrogens is 4. The van der Waals surface area contributed by atoms with E-state index in [-0.39, 0.29) is 5.04 Å². The Kier molecular flexibility index (Phi) is 10.7. The molecule has 0 amide bonds. The Morgan fingerprint density at radius 3 is 2.20 bits per heavy atom. The van der Waals surface area contributed by atoms with Gasteiger partial charge in [0.1, 0.15) is 17.4 Å². The van der Waals surface area contributed by atoms with Gasteiger partial charge in [-0.15, -0.1) is 11.3 Å². The van der Waals surface area contributed by atoms with Crippen molar-refractivity contribution in [3.63, 3.8) is 0 Å². The van der Waals surface area contributed by atoms with Crippen LogP contribution < -0.4 is 20.8 Å². The lowest BCUT2D eigenvalue weighted by molar-refractivity contribution is 0.203. The highest BCUT2D eigenvalue weighted by molar-refractivity contribution is 7.98. The van der Waals surface area contributed by atoms with Crippen LogP contribution in [0, 0.1) is 6.92 Å². The molecule has 2 N–H and O–H groups in total. The number of pyridine rings is 1. The third-order valence-corrected chi connectivity index (χ3v) is 14.6. The molecule has 0 aliphatic carbocycles. The zero-order chi connectivity index (χ0) is 31.9. The Balaban J connectivity index is 1.30. The molecule has 0 saturated heterocycles. The van der Waals surface area contributed by atoms with E-state index in [1.54, 1.807) is 35.4 Å². The molecule has 0 atom stereocenters. The molecule has 5 rings (SSSR count). The molecular formula is C35H41N5O2S2Si. The third-order valence-electron chi connectivity index (χ3n) is 7.50. The number of ether oxygens (including phenoxy) is 1. The second kappa shape index (κ2) is 14.7. The molecule has 0 aliphatic heterocycles. The number of anilines is 1. The average molecular weight is 656 g/mol. The van der Waals surface area contributed by atoms with Gasteiger partial charge in [0.25, 0.3) is 8.32 Å². The number of nitrogen functional groups attached to an aromatic ring is 1. The lowest BCUT2D eigenvalue weighted by Crippen LogP contribution is -2.66. The van der Waals surface area contributed by atoms with Crippen molar-refractivity contribution in [1.29, 1.82) is 0 Å². The Hall–Kier alpha value is -3.57. The Morgan fingerprint density at radius 1 is 0.889 bits per heavy atom. The van der Waals surface area contributed by atoms with Crippen LogP contribution in [0.1, 0.15) is 50.4 Å². The van der Waals surface area contributed by atoms with E-state index >= 15 is 0 Å². The third kappa shape index (κ3) is 7.81. The fraction of sp³-hybridized carbons (Fsp3) is 0.314. The molecule has 45 heavy (non-hydrogen) atoms. The zero-order valence-electron chi connectivity index (χ0n) is 26.6. The molecule has 7 nitrogen and oxygen atoms in total. The fourth-order valence-corrected chi connectivity index (χ4v) is 12.2. The number of hydrogen-bond acceptors (Lipinski definition) is 9. The lowest BCUT2D eigenvalue weighted by Gasteiger charge is -2.43. The van der Waals surface area contributed by atoms with Gasteiger partial charge < -0.3 is 14.9 Å². The molecule has 0 unspecified atom stereocenters. The summed E-state index contributed by atoms with van der Waals surface area (Å²) in [5, 5.41) is 4.03. The minimum Gasteiger partial charge on any atom is -0.475 e. The first-order chi connectivity index (χ1) is 21.7. The van der Waals surface area contributed by atoms with Crippen LogP contribution in [-0.2, 0) is 16.6 Å². The van der Waals surface area contributed by atoms with Crippen LogP contribution in [0.2, 0.25) is 5.04 Å². The molecule has 0 fully saturated rings. The Morgan fingerprint density at radius 2 is 1.58 bits per heavy atom. The van der Waals surface area contributed by atoms with Crippen molar-refractivity contribution in [2.24, 2.45) is 0 Å². The van der Waals surface area contributed by atoms with Crippen molar-refractivity contribution in [3.8, 4) is 16.5 Å². The molecule has 10 heteroatoms. The highest BCUT2D eigenvalue weighted by Crippen LogP contribution is 2.37. The molecule has 5 aromatic rings. The maximum absolute atomic E-state index is 6.98. The molecular weight excluding hydrogens is 615 g/mol. The second-order valence-electron chi connectivity index (χ2n) is 11.9. The molecule has 3 heterocycles. The summed E-state index contributed by atoms with van der Waals surface area (Å²) in [5.74, 6) is 1.73. The molecule has 0 spiro atoms. The molecule has 234 valence electrons. The minimum atomic E-state index is -2.63. The molecule has 0 bridgehead atoms. The first-order valence-corrected chi connectivity index (χ1v) is 19.0. The number of thiazole rings is 1. The molecule has 3 aromatic heterocycles. The van der Waals surface area contributed by atoms with E-state index in [4.69, 9.17) is 19.9 Å². The quantitative estimate of drug-likeness (QED) is 0.0622. The van der Waals surface area contributed by atoms with Crippen LogP contribution in [0.15, 0.2) is 90.2 Å². The standard InChI is InChI=1S/C35H41N5O2S2Si/c1-6-13-30-29(24-43-34-38-25(2)22-31(36)40-34)39-33(44-30)26-18-19-37-32(23-26)41-20-21-42-45(35(3,4)5,27-14-9-7-10-15-27)28-16-11-8-12-17-28/h7-12,14-19,22-23H,6,13,20-21,24H2,1-5H3,(H2,36,38,40). The molecule has 0 radical (unpaired) electrons. The minimum absolute atomic E-state index is 0.0943. The second-order valence-corrected chi connectivity index (χ2v) is 18.2. The van der Waals surface area contributed by atoms with E-state index in [0.29, 0.717) is 35.8 Å². The van der Waals surface area contributed by atoms with Gasteiger partial charge in [-0.3, -0.25) is 0 Å². The van der Waals surface area contributed by atoms with Gasteiger partial charge in [0.2, 0.25) is 5.88 Å². The predicted molar refractivity (Wildman–Crippen MR) is 189 cm³/mol. The predicted octanol–water partition coefficient (Wildman–Crippen LogP) is 7.09. The van der Waals surface area contributed by atoms with Gasteiger partial charge in [-0.05, 0) is 34.8 Å². The monoisotopic (exact) mass is 655 g/mol. The highest BCUT2D eigenvalue weighted by atomic mass is 32.2. The fourth-order valence-electron chi connectivity index (χ4n) is 5.53. The van der Waals surface area contributed by atoms with Gasteiger partial charge in [-0.1, -0.05) is 107 Å². The SMILES string of the molecule is CCCc1sc(-c2ccnc(OCCO[Si](c3ccccc3)(c3ccccc3)C(C)(C)C)c2)nc1CSc1nc(C)cc(N)n1. The topological polar surface area (TPSA) is 96.0 Å². The normalized spacial score (nSPS) is 11.9.